The van der Waals surface area contributed by atoms with Gasteiger partial charge in [-0.15, -0.1) is 0 Å². The molecular weight excluding hydrogens is 212 g/mol. The smallest absolute Gasteiger partial charge is 0.284 e. The first kappa shape index (κ1) is 12.1. The van der Waals surface area contributed by atoms with Crippen LogP contribution in [0.2, 0.25) is 0 Å². The molecule has 1 aromatic heterocycles. The standard InChI is InChI=1S/C14H20N2O/c1-10(2)8-9-16-13-7-5-4-6-12(13)15-14(16)11(3)17/h4-7,10-11,17H,8-9H2,1-3H3/p+1. The van der Waals surface area contributed by atoms with Gasteiger partial charge in [-0.05, 0) is 31.4 Å². The number of aromatic amines is 1. The van der Waals surface area contributed by atoms with Crippen molar-refractivity contribution < 1.29 is 9.67 Å². The molecule has 2 aromatic rings. The summed E-state index contributed by atoms with van der Waals surface area (Å²) < 4.78 is 2.19. The topological polar surface area (TPSA) is 39.9 Å². The molecule has 0 amide bonds. The fourth-order valence-corrected chi connectivity index (χ4v) is 2.11. The second-order valence-corrected chi connectivity index (χ2v) is 5.04. The van der Waals surface area contributed by atoms with Crippen molar-refractivity contribution in [3.05, 3.63) is 30.1 Å². The molecule has 3 nitrogen and oxygen atoms in total. The number of imidazole rings is 1. The quantitative estimate of drug-likeness (QED) is 0.783. The van der Waals surface area contributed by atoms with Crippen LogP contribution in [-0.2, 0) is 6.54 Å². The Morgan fingerprint density at radius 1 is 1.24 bits per heavy atom. The number of rotatable bonds is 4. The summed E-state index contributed by atoms with van der Waals surface area (Å²) in [6.07, 6.45) is 0.654. The fraction of sp³-hybridized carbons (Fsp3) is 0.500. The van der Waals surface area contributed by atoms with E-state index in [0.29, 0.717) is 5.92 Å². The van der Waals surface area contributed by atoms with Crippen LogP contribution in [0.1, 0.15) is 39.1 Å². The number of H-pyrrole nitrogens is 1. The summed E-state index contributed by atoms with van der Waals surface area (Å²) in [7, 11) is 0. The largest absolute Gasteiger partial charge is 0.381 e. The van der Waals surface area contributed by atoms with Gasteiger partial charge in [0, 0.05) is 0 Å². The second-order valence-electron chi connectivity index (χ2n) is 5.04. The Morgan fingerprint density at radius 3 is 2.59 bits per heavy atom. The number of fused-ring (bicyclic) bond motifs is 1. The van der Waals surface area contributed by atoms with E-state index < -0.39 is 6.10 Å². The molecule has 1 unspecified atom stereocenters. The van der Waals surface area contributed by atoms with E-state index in [9.17, 15) is 5.11 Å². The number of aromatic nitrogens is 2. The van der Waals surface area contributed by atoms with E-state index >= 15 is 0 Å². The summed E-state index contributed by atoms with van der Waals surface area (Å²) in [4.78, 5) is 3.30. The lowest BCUT2D eigenvalue weighted by Gasteiger charge is -2.06. The van der Waals surface area contributed by atoms with Crippen molar-refractivity contribution >= 4 is 11.0 Å². The Morgan fingerprint density at radius 2 is 1.94 bits per heavy atom. The Kier molecular flexibility index (Phi) is 3.48. The van der Waals surface area contributed by atoms with Crippen LogP contribution >= 0.6 is 0 Å². The number of hydrogen-bond acceptors (Lipinski definition) is 1. The van der Waals surface area contributed by atoms with Crippen LogP contribution in [-0.4, -0.2) is 10.1 Å². The molecule has 0 aliphatic rings. The van der Waals surface area contributed by atoms with Gasteiger partial charge in [0.1, 0.15) is 0 Å². The van der Waals surface area contributed by atoms with E-state index in [2.05, 4.69) is 29.5 Å². The summed E-state index contributed by atoms with van der Waals surface area (Å²) in [5.74, 6) is 1.56. The highest BCUT2D eigenvalue weighted by atomic mass is 16.3. The molecule has 0 saturated heterocycles. The number of aryl methyl sites for hydroxylation is 1. The minimum atomic E-state index is -0.463. The first-order valence-corrected chi connectivity index (χ1v) is 6.28. The third kappa shape index (κ3) is 2.50. The van der Waals surface area contributed by atoms with Crippen molar-refractivity contribution in [2.45, 2.75) is 39.8 Å². The lowest BCUT2D eigenvalue weighted by Crippen LogP contribution is -2.38. The average molecular weight is 233 g/mol. The van der Waals surface area contributed by atoms with Gasteiger partial charge in [-0.1, -0.05) is 26.0 Å². The Balaban J connectivity index is 2.44. The summed E-state index contributed by atoms with van der Waals surface area (Å²) in [5.41, 5.74) is 2.26. The molecule has 1 aromatic carbocycles. The Hall–Kier alpha value is -1.35. The molecule has 17 heavy (non-hydrogen) atoms. The van der Waals surface area contributed by atoms with Crippen molar-refractivity contribution in [2.24, 2.45) is 5.92 Å². The van der Waals surface area contributed by atoms with Crippen LogP contribution in [0, 0.1) is 5.92 Å². The van der Waals surface area contributed by atoms with Gasteiger partial charge in [0.15, 0.2) is 17.1 Å². The number of nitrogens with one attached hydrogen (secondary N) is 1. The molecule has 2 N–H and O–H groups in total. The van der Waals surface area contributed by atoms with Gasteiger partial charge in [-0.25, -0.2) is 9.55 Å². The van der Waals surface area contributed by atoms with E-state index in [0.717, 1.165) is 24.3 Å². The van der Waals surface area contributed by atoms with Gasteiger partial charge in [0.05, 0.1) is 6.54 Å². The molecule has 0 saturated carbocycles. The van der Waals surface area contributed by atoms with E-state index in [4.69, 9.17) is 0 Å². The van der Waals surface area contributed by atoms with Gasteiger partial charge in [0.25, 0.3) is 5.82 Å². The number of aliphatic hydroxyl groups is 1. The van der Waals surface area contributed by atoms with E-state index in [1.807, 2.05) is 18.2 Å². The minimum absolute atomic E-state index is 0.463. The summed E-state index contributed by atoms with van der Waals surface area (Å²) in [6, 6.07) is 8.19. The fourth-order valence-electron chi connectivity index (χ4n) is 2.11. The molecule has 0 fully saturated rings. The van der Waals surface area contributed by atoms with Gasteiger partial charge in [0.2, 0.25) is 0 Å². The van der Waals surface area contributed by atoms with Crippen molar-refractivity contribution in [1.82, 2.24) is 4.98 Å². The zero-order valence-corrected chi connectivity index (χ0v) is 10.8. The predicted molar refractivity (Wildman–Crippen MR) is 68.6 cm³/mol. The maximum atomic E-state index is 9.82. The molecular formula is C14H21N2O+. The molecule has 1 heterocycles. The minimum Gasteiger partial charge on any atom is -0.381 e. The van der Waals surface area contributed by atoms with E-state index in [1.54, 1.807) is 6.92 Å². The first-order valence-electron chi connectivity index (χ1n) is 6.28. The Labute approximate surface area is 102 Å². The summed E-state index contributed by atoms with van der Waals surface area (Å²) in [5, 5.41) is 9.82. The third-order valence-corrected chi connectivity index (χ3v) is 3.07. The molecule has 0 bridgehead atoms. The summed E-state index contributed by atoms with van der Waals surface area (Å²) in [6.45, 7) is 7.19. The zero-order chi connectivity index (χ0) is 12.4. The molecule has 0 aliphatic heterocycles. The highest BCUT2D eigenvalue weighted by Crippen LogP contribution is 2.14. The monoisotopic (exact) mass is 233 g/mol. The van der Waals surface area contributed by atoms with Crippen molar-refractivity contribution in [2.75, 3.05) is 0 Å². The average Bonchev–Trinajstić information content (AvgIpc) is 2.65. The molecule has 2 rings (SSSR count). The van der Waals surface area contributed by atoms with Crippen LogP contribution in [0.4, 0.5) is 0 Å². The number of para-hydroxylation sites is 2. The predicted octanol–water partition coefficient (Wildman–Crippen LogP) is 2.55. The molecule has 0 spiro atoms. The maximum absolute atomic E-state index is 9.82. The summed E-state index contributed by atoms with van der Waals surface area (Å²) >= 11 is 0. The van der Waals surface area contributed by atoms with Gasteiger partial charge < -0.3 is 5.11 Å². The molecule has 1 atom stereocenters. The lowest BCUT2D eigenvalue weighted by molar-refractivity contribution is -0.683. The molecule has 3 heteroatoms. The maximum Gasteiger partial charge on any atom is 0.284 e. The van der Waals surface area contributed by atoms with Crippen LogP contribution < -0.4 is 4.57 Å². The van der Waals surface area contributed by atoms with Gasteiger partial charge in [-0.3, -0.25) is 0 Å². The highest BCUT2D eigenvalue weighted by molar-refractivity contribution is 5.71. The van der Waals surface area contributed by atoms with E-state index in [1.165, 1.54) is 5.52 Å². The third-order valence-electron chi connectivity index (χ3n) is 3.07. The number of benzene rings is 1. The number of aliphatic hydroxyl groups excluding tert-OH is 1. The highest BCUT2D eigenvalue weighted by Gasteiger charge is 2.21. The lowest BCUT2D eigenvalue weighted by atomic mass is 10.1. The first-order chi connectivity index (χ1) is 8.09. The van der Waals surface area contributed by atoms with Crippen molar-refractivity contribution in [3.63, 3.8) is 0 Å². The van der Waals surface area contributed by atoms with Gasteiger partial charge >= 0.3 is 0 Å². The van der Waals surface area contributed by atoms with Crippen molar-refractivity contribution in [3.8, 4) is 0 Å². The SMILES string of the molecule is CC(C)CC[n+]1c(C(C)O)[nH]c2ccccc21. The zero-order valence-electron chi connectivity index (χ0n) is 10.8. The normalized spacial score (nSPS) is 13.5. The van der Waals surface area contributed by atoms with E-state index in [-0.39, 0.29) is 0 Å². The number of nitrogens with zero attached hydrogens (tertiary/aromatic N) is 1. The Bertz CT molecular complexity index is 500. The second kappa shape index (κ2) is 4.88. The molecule has 0 radical (unpaired) electrons. The van der Waals surface area contributed by atoms with Crippen molar-refractivity contribution in [1.29, 1.82) is 0 Å². The molecule has 92 valence electrons. The number of hydrogen-bond donors (Lipinski definition) is 2. The van der Waals surface area contributed by atoms with Crippen LogP contribution in [0.25, 0.3) is 11.0 Å². The van der Waals surface area contributed by atoms with Gasteiger partial charge in [-0.2, -0.15) is 0 Å². The van der Waals surface area contributed by atoms with Crippen LogP contribution in [0.15, 0.2) is 24.3 Å². The van der Waals surface area contributed by atoms with Crippen LogP contribution in [0.5, 0.6) is 0 Å². The van der Waals surface area contributed by atoms with Crippen LogP contribution in [0.3, 0.4) is 0 Å². The molecule has 0 aliphatic carbocycles.